The van der Waals surface area contributed by atoms with Gasteiger partial charge >= 0.3 is 0 Å². The van der Waals surface area contributed by atoms with E-state index < -0.39 is 10.0 Å². The molecular formula is C17H25N3O5S. The van der Waals surface area contributed by atoms with Crippen molar-refractivity contribution in [2.24, 2.45) is 0 Å². The average Bonchev–Trinajstić information content (AvgIpc) is 2.61. The number of rotatable bonds is 6. The summed E-state index contributed by atoms with van der Waals surface area (Å²) in [4.78, 5) is 27.1. The Morgan fingerprint density at radius 1 is 1.08 bits per heavy atom. The Balaban J connectivity index is 1.99. The van der Waals surface area contributed by atoms with E-state index in [1.807, 2.05) is 0 Å². The highest BCUT2D eigenvalue weighted by atomic mass is 32.2. The van der Waals surface area contributed by atoms with Gasteiger partial charge in [-0.05, 0) is 24.3 Å². The number of anilines is 1. The number of nitrogens with zero attached hydrogens (tertiary/aromatic N) is 3. The number of benzene rings is 1. The van der Waals surface area contributed by atoms with Crippen LogP contribution < -0.4 is 9.04 Å². The minimum absolute atomic E-state index is 0.000133. The minimum Gasteiger partial charge on any atom is -0.497 e. The number of carbonyl (C=O) groups excluding carboxylic acids is 2. The SMILES string of the molecule is COc1ccc(N(CCC(=O)N2CCN(C(C)=O)CC2)S(C)(=O)=O)cc1. The molecule has 0 N–H and O–H groups in total. The van der Waals surface area contributed by atoms with E-state index in [-0.39, 0.29) is 24.8 Å². The van der Waals surface area contributed by atoms with Crippen LogP contribution >= 0.6 is 0 Å². The Bertz CT molecular complexity index is 740. The fraction of sp³-hybridized carbons (Fsp3) is 0.529. The fourth-order valence-corrected chi connectivity index (χ4v) is 3.79. The van der Waals surface area contributed by atoms with Crippen LogP contribution in [-0.2, 0) is 19.6 Å². The van der Waals surface area contributed by atoms with Gasteiger partial charge in [-0.1, -0.05) is 0 Å². The molecule has 1 aromatic rings. The van der Waals surface area contributed by atoms with E-state index in [9.17, 15) is 18.0 Å². The molecule has 26 heavy (non-hydrogen) atoms. The summed E-state index contributed by atoms with van der Waals surface area (Å²) in [6.07, 6.45) is 1.20. The van der Waals surface area contributed by atoms with Crippen LogP contribution in [-0.4, -0.2) is 76.1 Å². The molecule has 0 saturated carbocycles. The molecule has 0 unspecified atom stereocenters. The second-order valence-electron chi connectivity index (χ2n) is 6.17. The Kier molecular flexibility index (Phi) is 6.47. The first-order valence-corrected chi connectivity index (χ1v) is 10.2. The van der Waals surface area contributed by atoms with E-state index in [1.165, 1.54) is 18.3 Å². The molecule has 1 heterocycles. The summed E-state index contributed by atoms with van der Waals surface area (Å²) < 4.78 is 30.5. The summed E-state index contributed by atoms with van der Waals surface area (Å²) in [5.41, 5.74) is 0.488. The van der Waals surface area contributed by atoms with E-state index in [1.54, 1.807) is 34.1 Å². The minimum atomic E-state index is -3.52. The molecule has 0 atom stereocenters. The van der Waals surface area contributed by atoms with Gasteiger partial charge in [0.25, 0.3) is 0 Å². The Labute approximate surface area is 154 Å². The zero-order valence-electron chi connectivity index (χ0n) is 15.3. The Morgan fingerprint density at radius 2 is 1.62 bits per heavy atom. The third kappa shape index (κ3) is 5.10. The molecule has 1 saturated heterocycles. The highest BCUT2D eigenvalue weighted by Crippen LogP contribution is 2.22. The molecule has 2 amide bonds. The summed E-state index contributed by atoms with van der Waals surface area (Å²) in [5, 5.41) is 0. The summed E-state index contributed by atoms with van der Waals surface area (Å²) in [6, 6.07) is 6.65. The lowest BCUT2D eigenvalue weighted by Crippen LogP contribution is -2.50. The lowest BCUT2D eigenvalue weighted by Gasteiger charge is -2.34. The van der Waals surface area contributed by atoms with Gasteiger partial charge in [0.05, 0.1) is 19.1 Å². The topological polar surface area (TPSA) is 87.2 Å². The van der Waals surface area contributed by atoms with Gasteiger partial charge in [0.15, 0.2) is 0 Å². The maximum absolute atomic E-state index is 12.4. The van der Waals surface area contributed by atoms with Crippen LogP contribution in [0, 0.1) is 0 Å². The molecule has 1 aliphatic rings. The molecule has 144 valence electrons. The largest absolute Gasteiger partial charge is 0.497 e. The van der Waals surface area contributed by atoms with Crippen LogP contribution in [0.5, 0.6) is 5.75 Å². The number of ether oxygens (including phenoxy) is 1. The maximum Gasteiger partial charge on any atom is 0.232 e. The third-order valence-corrected chi connectivity index (χ3v) is 5.56. The van der Waals surface area contributed by atoms with Crippen molar-refractivity contribution in [1.29, 1.82) is 0 Å². The van der Waals surface area contributed by atoms with E-state index >= 15 is 0 Å². The molecule has 2 rings (SSSR count). The summed E-state index contributed by atoms with van der Waals surface area (Å²) in [5.74, 6) is 0.511. The Hall–Kier alpha value is -2.29. The molecule has 1 fully saturated rings. The molecule has 0 aliphatic carbocycles. The Morgan fingerprint density at radius 3 is 2.08 bits per heavy atom. The maximum atomic E-state index is 12.4. The van der Waals surface area contributed by atoms with Gasteiger partial charge in [0.2, 0.25) is 21.8 Å². The molecule has 0 radical (unpaired) electrons. The predicted octanol–water partition coefficient (Wildman–Crippen LogP) is 0.542. The predicted molar refractivity (Wildman–Crippen MR) is 98.6 cm³/mol. The molecule has 1 aliphatic heterocycles. The van der Waals surface area contributed by atoms with Gasteiger partial charge in [-0.2, -0.15) is 0 Å². The second-order valence-corrected chi connectivity index (χ2v) is 8.08. The van der Waals surface area contributed by atoms with Crippen LogP contribution in [0.3, 0.4) is 0 Å². The zero-order chi connectivity index (χ0) is 19.3. The first kappa shape index (κ1) is 20.0. The smallest absolute Gasteiger partial charge is 0.232 e. The van der Waals surface area contributed by atoms with Crippen molar-refractivity contribution in [2.45, 2.75) is 13.3 Å². The zero-order valence-corrected chi connectivity index (χ0v) is 16.2. The van der Waals surface area contributed by atoms with Gasteiger partial charge in [0.1, 0.15) is 5.75 Å². The van der Waals surface area contributed by atoms with Crippen LogP contribution in [0.25, 0.3) is 0 Å². The molecule has 0 spiro atoms. The summed E-state index contributed by atoms with van der Waals surface area (Å²) >= 11 is 0. The van der Waals surface area contributed by atoms with Crippen molar-refractivity contribution in [3.05, 3.63) is 24.3 Å². The fourth-order valence-electron chi connectivity index (χ4n) is 2.86. The van der Waals surface area contributed by atoms with Crippen molar-refractivity contribution >= 4 is 27.5 Å². The van der Waals surface area contributed by atoms with Gasteiger partial charge < -0.3 is 14.5 Å². The van der Waals surface area contributed by atoms with Crippen molar-refractivity contribution in [2.75, 3.05) is 50.4 Å². The van der Waals surface area contributed by atoms with Crippen molar-refractivity contribution in [3.63, 3.8) is 0 Å². The quantitative estimate of drug-likeness (QED) is 0.716. The molecule has 1 aromatic carbocycles. The summed E-state index contributed by atoms with van der Waals surface area (Å²) in [7, 11) is -1.98. The van der Waals surface area contributed by atoms with E-state index in [4.69, 9.17) is 4.74 Å². The highest BCUT2D eigenvalue weighted by molar-refractivity contribution is 7.92. The van der Waals surface area contributed by atoms with Gasteiger partial charge in [0, 0.05) is 46.1 Å². The third-order valence-electron chi connectivity index (χ3n) is 4.37. The van der Waals surface area contributed by atoms with E-state index in [2.05, 4.69) is 0 Å². The number of sulfonamides is 1. The second kappa shape index (κ2) is 8.39. The lowest BCUT2D eigenvalue weighted by molar-refractivity contribution is -0.138. The van der Waals surface area contributed by atoms with Crippen LogP contribution in [0.1, 0.15) is 13.3 Å². The van der Waals surface area contributed by atoms with Crippen LogP contribution in [0.4, 0.5) is 5.69 Å². The number of hydrogen-bond donors (Lipinski definition) is 0. The molecule has 9 heteroatoms. The van der Waals surface area contributed by atoms with Crippen LogP contribution in [0.2, 0.25) is 0 Å². The first-order valence-electron chi connectivity index (χ1n) is 8.37. The normalized spacial score (nSPS) is 14.9. The van der Waals surface area contributed by atoms with Crippen molar-refractivity contribution in [3.8, 4) is 5.75 Å². The average molecular weight is 383 g/mol. The number of piperazine rings is 1. The monoisotopic (exact) mass is 383 g/mol. The van der Waals surface area contributed by atoms with Gasteiger partial charge in [-0.3, -0.25) is 13.9 Å². The molecule has 0 aromatic heterocycles. The number of carbonyl (C=O) groups is 2. The first-order chi connectivity index (χ1) is 12.2. The van der Waals surface area contributed by atoms with Gasteiger partial charge in [-0.25, -0.2) is 8.42 Å². The van der Waals surface area contributed by atoms with E-state index in [0.717, 1.165) is 6.26 Å². The molecule has 8 nitrogen and oxygen atoms in total. The lowest BCUT2D eigenvalue weighted by atomic mass is 10.2. The number of methoxy groups -OCH3 is 1. The van der Waals surface area contributed by atoms with Crippen LogP contribution in [0.15, 0.2) is 24.3 Å². The number of amides is 2. The summed E-state index contributed by atoms with van der Waals surface area (Å²) in [6.45, 7) is 3.54. The molecular weight excluding hydrogens is 358 g/mol. The standard InChI is InChI=1S/C17H25N3O5S/c1-14(21)18-10-12-19(13-11-18)17(22)8-9-20(26(3,23)24)15-4-6-16(25-2)7-5-15/h4-7H,8-13H2,1-3H3. The van der Waals surface area contributed by atoms with Crippen molar-refractivity contribution in [1.82, 2.24) is 9.80 Å². The van der Waals surface area contributed by atoms with Crippen molar-refractivity contribution < 1.29 is 22.7 Å². The highest BCUT2D eigenvalue weighted by Gasteiger charge is 2.24. The molecule has 0 bridgehead atoms. The number of hydrogen-bond acceptors (Lipinski definition) is 5. The van der Waals surface area contributed by atoms with Gasteiger partial charge in [-0.15, -0.1) is 0 Å². The van der Waals surface area contributed by atoms with E-state index in [0.29, 0.717) is 37.6 Å².